The Morgan fingerprint density at radius 1 is 0.886 bits per heavy atom. The predicted molar refractivity (Wildman–Crippen MR) is 148 cm³/mol. The number of halogens is 3. The van der Waals surface area contributed by atoms with E-state index in [4.69, 9.17) is 34.8 Å². The molecule has 0 aliphatic carbocycles. The number of likely N-dealkylation sites (tertiary alicyclic amines) is 1. The van der Waals surface area contributed by atoms with Gasteiger partial charge in [0, 0.05) is 32.7 Å². The molecule has 3 aromatic carbocycles. The van der Waals surface area contributed by atoms with Crippen molar-refractivity contribution in [2.24, 2.45) is 0 Å². The maximum atomic E-state index is 12.8. The van der Waals surface area contributed by atoms with Gasteiger partial charge in [-0.05, 0) is 85.9 Å². The highest BCUT2D eigenvalue weighted by Gasteiger charge is 2.36. The third kappa shape index (κ3) is 6.71. The zero-order valence-corrected chi connectivity index (χ0v) is 22.1. The Morgan fingerprint density at radius 2 is 1.57 bits per heavy atom. The number of nitrogens with one attached hydrogen (secondary N) is 2. The fraction of sp³-hybridized carbons (Fsp3) is 0.321. The predicted octanol–water partition coefficient (Wildman–Crippen LogP) is 7.88. The maximum Gasteiger partial charge on any atom is 0.319 e. The topological polar surface area (TPSA) is 44.4 Å². The van der Waals surface area contributed by atoms with Crippen LogP contribution in [0.4, 0.5) is 10.5 Å². The van der Waals surface area contributed by atoms with Gasteiger partial charge in [-0.3, -0.25) is 0 Å². The lowest BCUT2D eigenvalue weighted by Crippen LogP contribution is -2.49. The third-order valence-electron chi connectivity index (χ3n) is 6.72. The average Bonchev–Trinajstić information content (AvgIpc) is 2.83. The lowest BCUT2D eigenvalue weighted by Gasteiger charge is -2.42. The Balaban J connectivity index is 1.51. The van der Waals surface area contributed by atoms with Crippen molar-refractivity contribution in [3.63, 3.8) is 0 Å². The van der Waals surface area contributed by atoms with Gasteiger partial charge in [0.25, 0.3) is 0 Å². The van der Waals surface area contributed by atoms with E-state index in [0.717, 1.165) is 55.0 Å². The summed E-state index contributed by atoms with van der Waals surface area (Å²) in [5, 5.41) is 7.65. The second-order valence-corrected chi connectivity index (χ2v) is 10.5. The summed E-state index contributed by atoms with van der Waals surface area (Å²) in [6, 6.07) is 21.3. The lowest BCUT2D eigenvalue weighted by molar-refractivity contribution is 0.157. The summed E-state index contributed by atoms with van der Waals surface area (Å²) in [6.45, 7) is 5.88. The fourth-order valence-electron chi connectivity index (χ4n) is 4.82. The van der Waals surface area contributed by atoms with Gasteiger partial charge in [0.1, 0.15) is 0 Å². The molecule has 7 heteroatoms. The molecule has 2 amide bonds. The van der Waals surface area contributed by atoms with Gasteiger partial charge >= 0.3 is 6.03 Å². The van der Waals surface area contributed by atoms with E-state index in [-0.39, 0.29) is 11.4 Å². The average molecular weight is 531 g/mol. The third-order valence-corrected chi connectivity index (χ3v) is 7.39. The number of rotatable bonds is 7. The van der Waals surface area contributed by atoms with Crippen molar-refractivity contribution in [2.45, 2.75) is 31.6 Å². The Morgan fingerprint density at radius 3 is 2.20 bits per heavy atom. The molecule has 4 rings (SSSR count). The molecular weight excluding hydrogens is 501 g/mol. The van der Waals surface area contributed by atoms with Gasteiger partial charge in [0.15, 0.2) is 0 Å². The Hall–Kier alpha value is -2.24. The minimum atomic E-state index is -0.269. The molecule has 0 bridgehead atoms. The maximum absolute atomic E-state index is 12.8. The molecular formula is C28H30Cl3N3O. The van der Waals surface area contributed by atoms with E-state index in [1.165, 1.54) is 5.56 Å². The Labute approximate surface area is 222 Å². The SMILES string of the molecule is CCCN1CCC(CNC(=O)Nc2cc(Cl)cc(Cl)c2)(c2ccc(-c3cccc(Cl)c3)cc2)CC1. The van der Waals surface area contributed by atoms with Crippen LogP contribution in [0.1, 0.15) is 31.7 Å². The molecule has 35 heavy (non-hydrogen) atoms. The Bertz CT molecular complexity index is 1140. The second-order valence-electron chi connectivity index (χ2n) is 9.18. The summed E-state index contributed by atoms with van der Waals surface area (Å²) in [4.78, 5) is 15.3. The van der Waals surface area contributed by atoms with Gasteiger partial charge in [0.2, 0.25) is 0 Å². The molecule has 1 fully saturated rings. The van der Waals surface area contributed by atoms with Crippen LogP contribution in [0, 0.1) is 0 Å². The number of carbonyl (C=O) groups excluding carboxylic acids is 1. The normalized spacial score (nSPS) is 15.5. The number of carbonyl (C=O) groups is 1. The van der Waals surface area contributed by atoms with E-state index in [1.807, 2.05) is 18.2 Å². The lowest BCUT2D eigenvalue weighted by atomic mass is 9.72. The van der Waals surface area contributed by atoms with Gasteiger partial charge in [-0.1, -0.05) is 78.1 Å². The van der Waals surface area contributed by atoms with Gasteiger partial charge in [-0.25, -0.2) is 4.79 Å². The van der Waals surface area contributed by atoms with Crippen molar-refractivity contribution in [3.8, 4) is 11.1 Å². The first kappa shape index (κ1) is 25.8. The van der Waals surface area contributed by atoms with E-state index in [1.54, 1.807) is 18.2 Å². The van der Waals surface area contributed by atoms with Crippen molar-refractivity contribution in [3.05, 3.63) is 87.4 Å². The van der Waals surface area contributed by atoms with E-state index >= 15 is 0 Å². The highest BCUT2D eigenvalue weighted by Crippen LogP contribution is 2.36. The van der Waals surface area contributed by atoms with Gasteiger partial charge in [0.05, 0.1) is 0 Å². The van der Waals surface area contributed by atoms with Crippen LogP contribution in [0.3, 0.4) is 0 Å². The van der Waals surface area contributed by atoms with Crippen LogP contribution in [0.2, 0.25) is 15.1 Å². The largest absolute Gasteiger partial charge is 0.337 e. The molecule has 0 unspecified atom stereocenters. The van der Waals surface area contributed by atoms with Gasteiger partial charge < -0.3 is 15.5 Å². The number of piperidine rings is 1. The van der Waals surface area contributed by atoms with Crippen LogP contribution in [-0.2, 0) is 5.41 Å². The molecule has 0 spiro atoms. The summed E-state index contributed by atoms with van der Waals surface area (Å²) in [5.74, 6) is 0. The molecule has 1 heterocycles. The van der Waals surface area contributed by atoms with Crippen LogP contribution < -0.4 is 10.6 Å². The first-order valence-corrected chi connectivity index (χ1v) is 13.1. The van der Waals surface area contributed by atoms with Gasteiger partial charge in [-0.15, -0.1) is 0 Å². The summed E-state index contributed by atoms with van der Waals surface area (Å²) < 4.78 is 0. The van der Waals surface area contributed by atoms with Crippen LogP contribution in [0.15, 0.2) is 66.7 Å². The summed E-state index contributed by atoms with van der Waals surface area (Å²) >= 11 is 18.3. The molecule has 1 aliphatic rings. The molecule has 2 N–H and O–H groups in total. The molecule has 1 saturated heterocycles. The zero-order chi connectivity index (χ0) is 24.8. The zero-order valence-electron chi connectivity index (χ0n) is 19.8. The smallest absolute Gasteiger partial charge is 0.319 e. The van der Waals surface area contributed by atoms with Crippen molar-refractivity contribution in [2.75, 3.05) is 31.5 Å². The first-order chi connectivity index (χ1) is 16.9. The van der Waals surface area contributed by atoms with Crippen LogP contribution in [-0.4, -0.2) is 37.1 Å². The molecule has 184 valence electrons. The minimum Gasteiger partial charge on any atom is -0.337 e. The Kier molecular flexibility index (Phi) is 8.61. The van der Waals surface area contributed by atoms with Gasteiger partial charge in [-0.2, -0.15) is 0 Å². The minimum absolute atomic E-state index is 0.138. The molecule has 3 aromatic rings. The number of amides is 2. The molecule has 0 radical (unpaired) electrons. The summed E-state index contributed by atoms with van der Waals surface area (Å²) in [5.41, 5.74) is 3.88. The van der Waals surface area contributed by atoms with Crippen molar-refractivity contribution < 1.29 is 4.79 Å². The molecule has 0 saturated carbocycles. The molecule has 4 nitrogen and oxygen atoms in total. The summed E-state index contributed by atoms with van der Waals surface area (Å²) in [6.07, 6.45) is 3.10. The molecule has 0 aromatic heterocycles. The van der Waals surface area contributed by atoms with E-state index < -0.39 is 0 Å². The van der Waals surface area contributed by atoms with E-state index in [2.05, 4.69) is 52.8 Å². The van der Waals surface area contributed by atoms with Crippen molar-refractivity contribution in [1.82, 2.24) is 10.2 Å². The highest BCUT2D eigenvalue weighted by molar-refractivity contribution is 6.35. The quantitative estimate of drug-likeness (QED) is 0.326. The number of hydrogen-bond donors (Lipinski definition) is 2. The monoisotopic (exact) mass is 529 g/mol. The second kappa shape index (κ2) is 11.7. The fourth-order valence-corrected chi connectivity index (χ4v) is 5.54. The number of nitrogens with zero attached hydrogens (tertiary/aromatic N) is 1. The summed E-state index contributed by atoms with van der Waals surface area (Å²) in [7, 11) is 0. The molecule has 1 aliphatic heterocycles. The van der Waals surface area contributed by atoms with Crippen LogP contribution in [0.25, 0.3) is 11.1 Å². The van der Waals surface area contributed by atoms with Crippen LogP contribution in [0.5, 0.6) is 0 Å². The van der Waals surface area contributed by atoms with E-state index in [0.29, 0.717) is 22.3 Å². The van der Waals surface area contributed by atoms with Crippen molar-refractivity contribution in [1.29, 1.82) is 0 Å². The number of hydrogen-bond acceptors (Lipinski definition) is 2. The van der Waals surface area contributed by atoms with Crippen molar-refractivity contribution >= 4 is 46.5 Å². The first-order valence-electron chi connectivity index (χ1n) is 12.0. The standard InChI is InChI=1S/C28H30Cl3N3O/c1-2-12-34-13-10-28(11-14-34,19-32-27(35)33-26-17-24(30)16-25(31)18-26)22-8-6-20(7-9-22)21-4-3-5-23(29)15-21/h3-9,15-18H,2,10-14,19H2,1H3,(H2,32,33,35). The molecule has 0 atom stereocenters. The number of benzene rings is 3. The number of urea groups is 1. The number of anilines is 1. The highest BCUT2D eigenvalue weighted by atomic mass is 35.5. The van der Waals surface area contributed by atoms with Crippen LogP contribution >= 0.6 is 34.8 Å². The van der Waals surface area contributed by atoms with E-state index in [9.17, 15) is 4.79 Å².